The molecule has 1 aliphatic heterocycles. The van der Waals surface area contributed by atoms with Gasteiger partial charge >= 0.3 is 0 Å². The van der Waals surface area contributed by atoms with Crippen LogP contribution < -0.4 is 5.32 Å². The SMILES string of the molecule is CCN(C(=O)C1CNC1)C(C)CS(=O)(=O)CC.Cl. The first-order valence-corrected chi connectivity index (χ1v) is 7.95. The van der Waals surface area contributed by atoms with Crippen molar-refractivity contribution in [3.63, 3.8) is 0 Å². The van der Waals surface area contributed by atoms with Gasteiger partial charge in [0, 0.05) is 31.4 Å². The van der Waals surface area contributed by atoms with Crippen LogP contribution in [0.15, 0.2) is 0 Å². The fourth-order valence-corrected chi connectivity index (χ4v) is 3.11. The summed E-state index contributed by atoms with van der Waals surface area (Å²) in [5.41, 5.74) is 0. The van der Waals surface area contributed by atoms with Crippen molar-refractivity contribution >= 4 is 28.2 Å². The van der Waals surface area contributed by atoms with E-state index < -0.39 is 9.84 Å². The maximum atomic E-state index is 12.1. The molecule has 7 heteroatoms. The van der Waals surface area contributed by atoms with Crippen molar-refractivity contribution in [3.05, 3.63) is 0 Å². The lowest BCUT2D eigenvalue weighted by Gasteiger charge is -2.35. The zero-order chi connectivity index (χ0) is 13.1. The summed E-state index contributed by atoms with van der Waals surface area (Å²) in [5, 5.41) is 3.05. The van der Waals surface area contributed by atoms with Crippen LogP contribution in [0, 0.1) is 5.92 Å². The molecule has 1 N–H and O–H groups in total. The molecule has 1 heterocycles. The average Bonchev–Trinajstić information content (AvgIpc) is 2.15. The van der Waals surface area contributed by atoms with Crippen molar-refractivity contribution in [2.45, 2.75) is 26.8 Å². The van der Waals surface area contributed by atoms with Gasteiger partial charge in [0.15, 0.2) is 9.84 Å². The lowest BCUT2D eigenvalue weighted by molar-refractivity contribution is -0.138. The smallest absolute Gasteiger partial charge is 0.228 e. The molecule has 0 aliphatic carbocycles. The Bertz CT molecular complexity index is 368. The van der Waals surface area contributed by atoms with Gasteiger partial charge in [-0.3, -0.25) is 4.79 Å². The number of hydrogen-bond acceptors (Lipinski definition) is 4. The number of carbonyl (C=O) groups is 1. The molecule has 0 aromatic heterocycles. The van der Waals surface area contributed by atoms with E-state index in [9.17, 15) is 13.2 Å². The standard InChI is InChI=1S/C11H22N2O3S.ClH/c1-4-13(11(14)10-6-12-7-10)9(3)8-17(15,16)5-2;/h9-10,12H,4-8H2,1-3H3;1H. The molecule has 0 aromatic carbocycles. The third kappa shape index (κ3) is 4.40. The summed E-state index contributed by atoms with van der Waals surface area (Å²) in [4.78, 5) is 13.7. The Morgan fingerprint density at radius 3 is 2.28 bits per heavy atom. The van der Waals surface area contributed by atoms with Crippen LogP contribution >= 0.6 is 12.4 Å². The van der Waals surface area contributed by atoms with Gasteiger partial charge in [-0.05, 0) is 13.8 Å². The molecule has 1 unspecified atom stereocenters. The number of carbonyl (C=O) groups excluding carboxylic acids is 1. The minimum atomic E-state index is -3.03. The number of rotatable bonds is 6. The summed E-state index contributed by atoms with van der Waals surface area (Å²) in [6.45, 7) is 7.32. The lowest BCUT2D eigenvalue weighted by atomic mass is 10.0. The van der Waals surface area contributed by atoms with Crippen molar-refractivity contribution in [2.75, 3.05) is 31.1 Å². The highest BCUT2D eigenvalue weighted by molar-refractivity contribution is 7.91. The molecule has 0 aromatic rings. The topological polar surface area (TPSA) is 66.5 Å². The Balaban J connectivity index is 0.00000289. The van der Waals surface area contributed by atoms with E-state index in [1.54, 1.807) is 18.7 Å². The molecule has 0 radical (unpaired) electrons. The van der Waals surface area contributed by atoms with E-state index >= 15 is 0 Å². The fraction of sp³-hybridized carbons (Fsp3) is 0.909. The summed E-state index contributed by atoms with van der Waals surface area (Å²) in [7, 11) is -3.03. The molecule has 0 saturated carbocycles. The maximum absolute atomic E-state index is 12.1. The molecular formula is C11H23ClN2O3S. The number of amides is 1. The zero-order valence-corrected chi connectivity index (χ0v) is 12.8. The van der Waals surface area contributed by atoms with Crippen LogP contribution in [0.25, 0.3) is 0 Å². The first-order valence-electron chi connectivity index (χ1n) is 6.12. The molecule has 0 spiro atoms. The molecule has 5 nitrogen and oxygen atoms in total. The number of nitrogens with one attached hydrogen (secondary N) is 1. The van der Waals surface area contributed by atoms with Crippen LogP contribution in [-0.2, 0) is 14.6 Å². The Kier molecular flexibility index (Phi) is 7.17. The largest absolute Gasteiger partial charge is 0.339 e. The molecule has 1 fully saturated rings. The summed E-state index contributed by atoms with van der Waals surface area (Å²) in [5.74, 6) is 0.295. The van der Waals surface area contributed by atoms with Crippen molar-refractivity contribution in [2.24, 2.45) is 5.92 Å². The van der Waals surface area contributed by atoms with E-state index in [1.807, 2.05) is 6.92 Å². The van der Waals surface area contributed by atoms with Gasteiger partial charge in [-0.1, -0.05) is 6.92 Å². The average molecular weight is 299 g/mol. The number of sulfone groups is 1. The van der Waals surface area contributed by atoms with E-state index in [-0.39, 0.29) is 41.8 Å². The van der Waals surface area contributed by atoms with Crippen LogP contribution in [0.5, 0.6) is 0 Å². The van der Waals surface area contributed by atoms with Gasteiger partial charge in [-0.25, -0.2) is 8.42 Å². The minimum Gasteiger partial charge on any atom is -0.339 e. The van der Waals surface area contributed by atoms with Gasteiger partial charge in [0.25, 0.3) is 0 Å². The Morgan fingerprint density at radius 1 is 1.39 bits per heavy atom. The lowest BCUT2D eigenvalue weighted by Crippen LogP contribution is -2.54. The second-order valence-corrected chi connectivity index (χ2v) is 6.93. The molecule has 18 heavy (non-hydrogen) atoms. The normalized spacial score (nSPS) is 17.5. The Hall–Kier alpha value is -0.330. The molecule has 1 rings (SSSR count). The summed E-state index contributed by atoms with van der Waals surface area (Å²) < 4.78 is 23.1. The summed E-state index contributed by atoms with van der Waals surface area (Å²) >= 11 is 0. The quantitative estimate of drug-likeness (QED) is 0.766. The maximum Gasteiger partial charge on any atom is 0.228 e. The Labute approximate surface area is 116 Å². The van der Waals surface area contributed by atoms with Gasteiger partial charge < -0.3 is 10.2 Å². The highest BCUT2D eigenvalue weighted by Gasteiger charge is 2.31. The van der Waals surface area contributed by atoms with Gasteiger partial charge in [0.05, 0.1) is 11.7 Å². The second-order valence-electron chi connectivity index (χ2n) is 4.53. The molecule has 108 valence electrons. The van der Waals surface area contributed by atoms with Crippen molar-refractivity contribution in [3.8, 4) is 0 Å². The highest BCUT2D eigenvalue weighted by Crippen LogP contribution is 2.12. The van der Waals surface area contributed by atoms with E-state index in [0.29, 0.717) is 19.6 Å². The summed E-state index contributed by atoms with van der Waals surface area (Å²) in [6, 6.07) is -0.238. The van der Waals surface area contributed by atoms with Crippen LogP contribution in [0.1, 0.15) is 20.8 Å². The minimum absolute atomic E-state index is 0. The monoisotopic (exact) mass is 298 g/mol. The first kappa shape index (κ1) is 17.7. The summed E-state index contributed by atoms with van der Waals surface area (Å²) in [6.07, 6.45) is 0. The highest BCUT2D eigenvalue weighted by atomic mass is 35.5. The van der Waals surface area contributed by atoms with E-state index in [4.69, 9.17) is 0 Å². The van der Waals surface area contributed by atoms with Gasteiger partial charge in [-0.15, -0.1) is 12.4 Å². The van der Waals surface area contributed by atoms with Crippen LogP contribution in [-0.4, -0.2) is 56.4 Å². The van der Waals surface area contributed by atoms with E-state index in [2.05, 4.69) is 5.32 Å². The molecular weight excluding hydrogens is 276 g/mol. The zero-order valence-electron chi connectivity index (χ0n) is 11.2. The molecule has 0 bridgehead atoms. The van der Waals surface area contributed by atoms with Crippen molar-refractivity contribution in [1.82, 2.24) is 10.2 Å². The van der Waals surface area contributed by atoms with Crippen molar-refractivity contribution < 1.29 is 13.2 Å². The van der Waals surface area contributed by atoms with E-state index in [0.717, 1.165) is 0 Å². The van der Waals surface area contributed by atoms with Crippen molar-refractivity contribution in [1.29, 1.82) is 0 Å². The second kappa shape index (κ2) is 7.31. The first-order chi connectivity index (χ1) is 7.91. The third-order valence-corrected chi connectivity index (χ3v) is 5.09. The number of nitrogens with zero attached hydrogens (tertiary/aromatic N) is 1. The van der Waals surface area contributed by atoms with Crippen LogP contribution in [0.4, 0.5) is 0 Å². The Morgan fingerprint density at radius 2 is 1.94 bits per heavy atom. The van der Waals surface area contributed by atoms with E-state index in [1.165, 1.54) is 0 Å². The molecule has 1 aliphatic rings. The molecule has 1 atom stereocenters. The molecule has 1 amide bonds. The van der Waals surface area contributed by atoms with Gasteiger partial charge in [0.2, 0.25) is 5.91 Å². The third-order valence-electron chi connectivity index (χ3n) is 3.22. The predicted octanol–water partition coefficient (Wildman–Crippen LogP) is 0.299. The number of hydrogen-bond donors (Lipinski definition) is 1. The predicted molar refractivity (Wildman–Crippen MR) is 74.8 cm³/mol. The number of halogens is 1. The van der Waals surface area contributed by atoms with Gasteiger partial charge in [0.1, 0.15) is 0 Å². The fourth-order valence-electron chi connectivity index (χ4n) is 1.96. The van der Waals surface area contributed by atoms with Crippen LogP contribution in [0.2, 0.25) is 0 Å². The van der Waals surface area contributed by atoms with Gasteiger partial charge in [-0.2, -0.15) is 0 Å². The van der Waals surface area contributed by atoms with Crippen LogP contribution in [0.3, 0.4) is 0 Å². The molecule has 1 saturated heterocycles.